The summed E-state index contributed by atoms with van der Waals surface area (Å²) in [6.45, 7) is 3.69. The van der Waals surface area contributed by atoms with E-state index in [9.17, 15) is 9.18 Å². The van der Waals surface area contributed by atoms with Gasteiger partial charge in [-0.15, -0.1) is 0 Å². The van der Waals surface area contributed by atoms with Crippen molar-refractivity contribution >= 4 is 5.91 Å². The summed E-state index contributed by atoms with van der Waals surface area (Å²) in [4.78, 5) is 16.0. The summed E-state index contributed by atoms with van der Waals surface area (Å²) in [5.74, 6) is -0.323. The Balaban J connectivity index is 1.55. The summed E-state index contributed by atoms with van der Waals surface area (Å²) in [6, 6.07) is 17.1. The van der Waals surface area contributed by atoms with Gasteiger partial charge in [-0.2, -0.15) is 0 Å². The average molecular weight is 411 g/mol. The zero-order valence-electron chi connectivity index (χ0n) is 17.5. The standard InChI is InChI=1S/C25H31FN2O2/c26-22-11-7-10-21(18-22)25(12-16-30-17-13-25)24(29)27-19-23(20-8-3-1-4-9-20)28-14-5-2-6-15-28/h1,3-4,7-11,18,23H,2,5-6,12-17,19H2,(H,27,29). The highest BCUT2D eigenvalue weighted by Gasteiger charge is 2.42. The maximum Gasteiger partial charge on any atom is 0.230 e. The maximum absolute atomic E-state index is 14.0. The molecule has 0 saturated carbocycles. The number of piperidine rings is 1. The number of hydrogen-bond donors (Lipinski definition) is 1. The Kier molecular flexibility index (Phi) is 6.80. The van der Waals surface area contributed by atoms with Gasteiger partial charge in [0.15, 0.2) is 0 Å². The molecule has 1 amide bonds. The number of benzene rings is 2. The average Bonchev–Trinajstić information content (AvgIpc) is 2.81. The van der Waals surface area contributed by atoms with Gasteiger partial charge in [-0.25, -0.2) is 4.39 Å². The quantitative estimate of drug-likeness (QED) is 0.775. The second-order valence-electron chi connectivity index (χ2n) is 8.44. The second-order valence-corrected chi connectivity index (χ2v) is 8.44. The largest absolute Gasteiger partial charge is 0.381 e. The van der Waals surface area contributed by atoms with Crippen LogP contribution in [0.1, 0.15) is 49.3 Å². The Bertz CT molecular complexity index is 830. The lowest BCUT2D eigenvalue weighted by molar-refractivity contribution is -0.130. The van der Waals surface area contributed by atoms with Crippen LogP contribution in [-0.2, 0) is 14.9 Å². The minimum absolute atomic E-state index is 0.0191. The summed E-state index contributed by atoms with van der Waals surface area (Å²) >= 11 is 0. The Morgan fingerprint density at radius 1 is 1.03 bits per heavy atom. The number of carbonyl (C=O) groups excluding carboxylic acids is 1. The van der Waals surface area contributed by atoms with E-state index in [2.05, 4.69) is 34.5 Å². The molecular formula is C25H31FN2O2. The van der Waals surface area contributed by atoms with Crippen molar-refractivity contribution in [3.8, 4) is 0 Å². The Morgan fingerprint density at radius 2 is 1.77 bits per heavy atom. The maximum atomic E-state index is 14.0. The first-order valence-electron chi connectivity index (χ1n) is 11.1. The lowest BCUT2D eigenvalue weighted by Crippen LogP contribution is -2.50. The molecule has 30 heavy (non-hydrogen) atoms. The number of nitrogens with one attached hydrogen (secondary N) is 1. The zero-order valence-corrected chi connectivity index (χ0v) is 17.5. The molecule has 2 saturated heterocycles. The number of likely N-dealkylation sites (tertiary alicyclic amines) is 1. The smallest absolute Gasteiger partial charge is 0.230 e. The summed E-state index contributed by atoms with van der Waals surface area (Å²) in [6.07, 6.45) is 4.81. The van der Waals surface area contributed by atoms with Crippen LogP contribution in [0.3, 0.4) is 0 Å². The molecule has 2 fully saturated rings. The van der Waals surface area contributed by atoms with E-state index in [1.54, 1.807) is 6.07 Å². The van der Waals surface area contributed by atoms with Crippen LogP contribution in [0.25, 0.3) is 0 Å². The van der Waals surface area contributed by atoms with Gasteiger partial charge in [0.25, 0.3) is 0 Å². The summed E-state index contributed by atoms with van der Waals surface area (Å²) in [5.41, 5.74) is 1.24. The third-order valence-corrected chi connectivity index (χ3v) is 6.63. The normalized spacial score (nSPS) is 20.4. The summed E-state index contributed by atoms with van der Waals surface area (Å²) < 4.78 is 19.5. The molecule has 0 aliphatic carbocycles. The van der Waals surface area contributed by atoms with Gasteiger partial charge >= 0.3 is 0 Å². The number of rotatable bonds is 6. The molecule has 160 valence electrons. The molecule has 4 rings (SSSR count). The Labute approximate surface area is 178 Å². The van der Waals surface area contributed by atoms with Crippen molar-refractivity contribution < 1.29 is 13.9 Å². The van der Waals surface area contributed by atoms with E-state index >= 15 is 0 Å². The molecule has 0 aromatic heterocycles. The van der Waals surface area contributed by atoms with Crippen LogP contribution in [0.5, 0.6) is 0 Å². The first kappa shape index (κ1) is 21.0. The Morgan fingerprint density at radius 3 is 2.47 bits per heavy atom. The van der Waals surface area contributed by atoms with Crippen molar-refractivity contribution in [2.45, 2.75) is 43.6 Å². The molecule has 2 heterocycles. The Hall–Kier alpha value is -2.24. The van der Waals surface area contributed by atoms with Crippen molar-refractivity contribution in [1.82, 2.24) is 10.2 Å². The van der Waals surface area contributed by atoms with Gasteiger partial charge in [-0.05, 0) is 62.0 Å². The van der Waals surface area contributed by atoms with Crippen LogP contribution >= 0.6 is 0 Å². The highest BCUT2D eigenvalue weighted by molar-refractivity contribution is 5.88. The molecule has 5 heteroatoms. The van der Waals surface area contributed by atoms with Crippen molar-refractivity contribution in [2.75, 3.05) is 32.8 Å². The van der Waals surface area contributed by atoms with Gasteiger partial charge in [0.05, 0.1) is 11.5 Å². The second kappa shape index (κ2) is 9.71. The molecule has 1 atom stereocenters. The van der Waals surface area contributed by atoms with E-state index < -0.39 is 5.41 Å². The van der Waals surface area contributed by atoms with Crippen LogP contribution in [0.4, 0.5) is 4.39 Å². The molecule has 0 bridgehead atoms. The van der Waals surface area contributed by atoms with Crippen molar-refractivity contribution in [3.63, 3.8) is 0 Å². The van der Waals surface area contributed by atoms with Crippen molar-refractivity contribution in [3.05, 3.63) is 71.5 Å². The fourth-order valence-electron chi connectivity index (χ4n) is 4.87. The van der Waals surface area contributed by atoms with E-state index in [4.69, 9.17) is 4.74 Å². The molecule has 1 N–H and O–H groups in total. The summed E-state index contributed by atoms with van der Waals surface area (Å²) in [5, 5.41) is 3.25. The van der Waals surface area contributed by atoms with Crippen LogP contribution < -0.4 is 5.32 Å². The van der Waals surface area contributed by atoms with Gasteiger partial charge in [0.2, 0.25) is 5.91 Å². The van der Waals surface area contributed by atoms with Crippen LogP contribution in [0.15, 0.2) is 54.6 Å². The van der Waals surface area contributed by atoms with E-state index in [0.29, 0.717) is 32.6 Å². The number of nitrogens with zero attached hydrogens (tertiary/aromatic N) is 1. The zero-order chi connectivity index (χ0) is 20.8. The summed E-state index contributed by atoms with van der Waals surface area (Å²) in [7, 11) is 0. The topological polar surface area (TPSA) is 41.6 Å². The predicted molar refractivity (Wildman–Crippen MR) is 116 cm³/mol. The minimum Gasteiger partial charge on any atom is -0.381 e. The van der Waals surface area contributed by atoms with Gasteiger partial charge in [0, 0.05) is 19.8 Å². The molecule has 0 spiro atoms. The van der Waals surface area contributed by atoms with Gasteiger partial charge in [-0.3, -0.25) is 9.69 Å². The van der Waals surface area contributed by atoms with Gasteiger partial charge < -0.3 is 10.1 Å². The molecule has 4 nitrogen and oxygen atoms in total. The van der Waals surface area contributed by atoms with Crippen LogP contribution in [0, 0.1) is 5.82 Å². The minimum atomic E-state index is -0.733. The highest BCUT2D eigenvalue weighted by atomic mass is 19.1. The number of amides is 1. The van der Waals surface area contributed by atoms with E-state index in [1.807, 2.05) is 12.1 Å². The fourth-order valence-corrected chi connectivity index (χ4v) is 4.87. The molecular weight excluding hydrogens is 379 g/mol. The first-order chi connectivity index (χ1) is 14.7. The van der Waals surface area contributed by atoms with Crippen molar-refractivity contribution in [1.29, 1.82) is 0 Å². The van der Waals surface area contributed by atoms with Gasteiger partial charge in [-0.1, -0.05) is 48.9 Å². The number of hydrogen-bond acceptors (Lipinski definition) is 3. The number of carbonyl (C=O) groups is 1. The number of halogens is 1. The van der Waals surface area contributed by atoms with E-state index in [-0.39, 0.29) is 17.8 Å². The lowest BCUT2D eigenvalue weighted by Gasteiger charge is -2.38. The fraction of sp³-hybridized carbons (Fsp3) is 0.480. The SMILES string of the molecule is O=C(NCC(c1ccccc1)N1CCCCC1)C1(c2cccc(F)c2)CCOCC1. The van der Waals surface area contributed by atoms with Crippen LogP contribution in [-0.4, -0.2) is 43.7 Å². The van der Waals surface area contributed by atoms with Gasteiger partial charge in [0.1, 0.15) is 5.82 Å². The molecule has 2 aliphatic heterocycles. The van der Waals surface area contributed by atoms with Crippen molar-refractivity contribution in [2.24, 2.45) is 0 Å². The number of ether oxygens (including phenoxy) is 1. The van der Waals surface area contributed by atoms with Crippen LogP contribution in [0.2, 0.25) is 0 Å². The third-order valence-electron chi connectivity index (χ3n) is 6.63. The molecule has 2 aliphatic rings. The molecule has 0 radical (unpaired) electrons. The monoisotopic (exact) mass is 410 g/mol. The third kappa shape index (κ3) is 4.57. The van der Waals surface area contributed by atoms with E-state index in [1.165, 1.54) is 37.0 Å². The molecule has 2 aromatic carbocycles. The predicted octanol–water partition coefficient (Wildman–Crippen LogP) is 4.22. The highest BCUT2D eigenvalue weighted by Crippen LogP contribution is 2.36. The molecule has 1 unspecified atom stereocenters. The molecule has 2 aromatic rings. The van der Waals surface area contributed by atoms with E-state index in [0.717, 1.165) is 18.7 Å². The lowest BCUT2D eigenvalue weighted by atomic mass is 9.73. The first-order valence-corrected chi connectivity index (χ1v) is 11.1.